The lowest BCUT2D eigenvalue weighted by atomic mass is 9.96. The van der Waals surface area contributed by atoms with Gasteiger partial charge in [-0.1, -0.05) is 13.0 Å². The van der Waals surface area contributed by atoms with E-state index in [1.54, 1.807) is 18.3 Å². The number of nitrogens with one attached hydrogen (secondary N) is 2. The van der Waals surface area contributed by atoms with Crippen molar-refractivity contribution in [2.75, 3.05) is 10.2 Å². The Kier molecular flexibility index (Phi) is 6.99. The van der Waals surface area contributed by atoms with Gasteiger partial charge in [0.05, 0.1) is 17.8 Å². The lowest BCUT2D eigenvalue weighted by Crippen LogP contribution is -2.29. The molecule has 3 heterocycles. The van der Waals surface area contributed by atoms with E-state index < -0.39 is 0 Å². The van der Waals surface area contributed by atoms with E-state index in [1.807, 2.05) is 50.2 Å². The predicted octanol–water partition coefficient (Wildman–Crippen LogP) is 6.46. The van der Waals surface area contributed by atoms with Crippen LogP contribution in [-0.4, -0.2) is 20.6 Å². The van der Waals surface area contributed by atoms with Gasteiger partial charge in [-0.3, -0.25) is 9.78 Å². The number of hydrogen-bond acceptors (Lipinski definition) is 3. The van der Waals surface area contributed by atoms with E-state index in [2.05, 4.69) is 45.0 Å². The highest BCUT2D eigenvalue weighted by molar-refractivity contribution is 7.80. The first-order valence-electron chi connectivity index (χ1n) is 12.6. The van der Waals surface area contributed by atoms with Gasteiger partial charge in [-0.2, -0.15) is 0 Å². The third-order valence-corrected chi connectivity index (χ3v) is 7.37. The van der Waals surface area contributed by atoms with Crippen LogP contribution in [0.5, 0.6) is 0 Å². The van der Waals surface area contributed by atoms with Crippen LogP contribution in [0.2, 0.25) is 0 Å². The molecule has 0 saturated carbocycles. The van der Waals surface area contributed by atoms with E-state index >= 15 is 0 Å². The first-order valence-corrected chi connectivity index (χ1v) is 13.0. The molecule has 0 aliphatic carbocycles. The molecule has 1 saturated heterocycles. The summed E-state index contributed by atoms with van der Waals surface area (Å²) in [5, 5.41) is 7.07. The number of hydrogen-bond donors (Lipinski definition) is 2. The summed E-state index contributed by atoms with van der Waals surface area (Å²) in [6, 6.07) is 20.2. The summed E-state index contributed by atoms with van der Waals surface area (Å²) < 4.78 is 15.8. The van der Waals surface area contributed by atoms with E-state index in [-0.39, 0.29) is 23.8 Å². The normalized spacial score (nSPS) is 17.0. The minimum atomic E-state index is -0.267. The zero-order chi connectivity index (χ0) is 27.0. The van der Waals surface area contributed by atoms with Gasteiger partial charge in [0.2, 0.25) is 5.91 Å². The molecule has 4 aromatic rings. The first kappa shape index (κ1) is 25.6. The van der Waals surface area contributed by atoms with Gasteiger partial charge >= 0.3 is 0 Å². The third kappa shape index (κ3) is 4.67. The average molecular weight is 528 g/mol. The molecule has 38 heavy (non-hydrogen) atoms. The zero-order valence-corrected chi connectivity index (χ0v) is 22.6. The van der Waals surface area contributed by atoms with Crippen LogP contribution in [-0.2, 0) is 4.79 Å². The number of thiocarbonyl (C=S) groups is 1. The van der Waals surface area contributed by atoms with Crippen LogP contribution in [0, 0.1) is 26.6 Å². The van der Waals surface area contributed by atoms with Gasteiger partial charge in [-0.25, -0.2) is 4.39 Å². The molecule has 194 valence electrons. The van der Waals surface area contributed by atoms with E-state index in [4.69, 9.17) is 12.2 Å². The topological polar surface area (TPSA) is 62.2 Å². The van der Waals surface area contributed by atoms with Gasteiger partial charge in [0.1, 0.15) is 5.82 Å². The molecule has 1 fully saturated rings. The van der Waals surface area contributed by atoms with Crippen LogP contribution in [0.25, 0.3) is 5.69 Å². The Hall–Kier alpha value is -4.04. The van der Waals surface area contributed by atoms with Crippen molar-refractivity contribution in [3.05, 3.63) is 107 Å². The largest absolute Gasteiger partial charge is 0.351 e. The summed E-state index contributed by atoms with van der Waals surface area (Å²) in [7, 11) is 0. The molecule has 2 atom stereocenters. The summed E-state index contributed by atoms with van der Waals surface area (Å²) in [5.41, 5.74) is 7.61. The zero-order valence-electron chi connectivity index (χ0n) is 21.8. The van der Waals surface area contributed by atoms with Gasteiger partial charge in [-0.05, 0) is 105 Å². The Balaban J connectivity index is 1.63. The molecule has 2 aromatic heterocycles. The number of benzene rings is 2. The maximum Gasteiger partial charge on any atom is 0.224 e. The smallest absolute Gasteiger partial charge is 0.224 e. The monoisotopic (exact) mass is 527 g/mol. The highest BCUT2D eigenvalue weighted by Gasteiger charge is 2.42. The van der Waals surface area contributed by atoms with E-state index in [9.17, 15) is 9.18 Å². The maximum absolute atomic E-state index is 13.7. The van der Waals surface area contributed by atoms with Crippen molar-refractivity contribution in [1.29, 1.82) is 0 Å². The fraction of sp³-hybridized carbons (Fsp3) is 0.233. The Labute approximate surface area is 227 Å². The summed E-state index contributed by atoms with van der Waals surface area (Å²) >= 11 is 5.90. The molecule has 0 bridgehead atoms. The Morgan fingerprint density at radius 1 is 1.05 bits per heavy atom. The fourth-order valence-corrected chi connectivity index (χ4v) is 5.55. The van der Waals surface area contributed by atoms with Crippen molar-refractivity contribution in [2.24, 2.45) is 0 Å². The molecule has 6 nitrogen and oxygen atoms in total. The molecular formula is C30H30FN5OS. The van der Waals surface area contributed by atoms with Gasteiger partial charge in [0, 0.05) is 41.1 Å². The molecule has 0 unspecified atom stereocenters. The number of amides is 1. The number of rotatable bonds is 6. The fourth-order valence-electron chi connectivity index (χ4n) is 5.20. The summed E-state index contributed by atoms with van der Waals surface area (Å²) in [6.07, 6.45) is 2.20. The van der Waals surface area contributed by atoms with E-state index in [1.165, 1.54) is 12.1 Å². The van der Waals surface area contributed by atoms with Crippen LogP contribution in [0.15, 0.2) is 72.9 Å². The molecule has 2 N–H and O–H groups in total. The second-order valence-electron chi connectivity index (χ2n) is 9.54. The number of aromatic nitrogens is 2. The minimum Gasteiger partial charge on any atom is -0.351 e. The van der Waals surface area contributed by atoms with Crippen LogP contribution in [0.1, 0.15) is 53.6 Å². The number of aryl methyl sites for hydroxylation is 2. The molecule has 0 spiro atoms. The van der Waals surface area contributed by atoms with Crippen molar-refractivity contribution >= 4 is 34.6 Å². The number of halogens is 1. The van der Waals surface area contributed by atoms with Gasteiger partial charge in [-0.15, -0.1) is 0 Å². The van der Waals surface area contributed by atoms with Crippen molar-refractivity contribution in [2.45, 2.75) is 46.2 Å². The van der Waals surface area contributed by atoms with Crippen LogP contribution < -0.4 is 15.5 Å². The molecule has 1 amide bonds. The van der Waals surface area contributed by atoms with Crippen molar-refractivity contribution in [1.82, 2.24) is 14.9 Å². The summed E-state index contributed by atoms with van der Waals surface area (Å²) in [4.78, 5) is 18.8. The van der Waals surface area contributed by atoms with E-state index in [0.29, 0.717) is 11.5 Å². The third-order valence-electron chi connectivity index (χ3n) is 7.06. The molecule has 1 aliphatic rings. The number of nitrogens with zero attached hydrogens (tertiary/aromatic N) is 3. The number of carbonyl (C=O) groups is 1. The van der Waals surface area contributed by atoms with Crippen LogP contribution >= 0.6 is 12.2 Å². The maximum atomic E-state index is 13.7. The Morgan fingerprint density at radius 2 is 1.79 bits per heavy atom. The quantitative estimate of drug-likeness (QED) is 0.282. The average Bonchev–Trinajstić information content (AvgIpc) is 3.41. The molecule has 5 rings (SSSR count). The second-order valence-corrected chi connectivity index (χ2v) is 9.92. The minimum absolute atomic E-state index is 0.0273. The first-order chi connectivity index (χ1) is 18.3. The lowest BCUT2D eigenvalue weighted by molar-refractivity contribution is -0.115. The highest BCUT2D eigenvalue weighted by atomic mass is 32.1. The highest BCUT2D eigenvalue weighted by Crippen LogP contribution is 2.44. The Morgan fingerprint density at radius 3 is 2.45 bits per heavy atom. The second kappa shape index (κ2) is 10.4. The molecule has 8 heteroatoms. The van der Waals surface area contributed by atoms with Crippen molar-refractivity contribution in [3.63, 3.8) is 0 Å². The van der Waals surface area contributed by atoms with Gasteiger partial charge < -0.3 is 20.1 Å². The molecule has 0 radical (unpaired) electrons. The van der Waals surface area contributed by atoms with Gasteiger partial charge in [0.15, 0.2) is 5.11 Å². The lowest BCUT2D eigenvalue weighted by Gasteiger charge is -2.29. The Bertz CT molecular complexity index is 1500. The number of carbonyl (C=O) groups excluding carboxylic acids is 1. The van der Waals surface area contributed by atoms with Gasteiger partial charge in [0.25, 0.3) is 0 Å². The van der Waals surface area contributed by atoms with Crippen molar-refractivity contribution in [3.8, 4) is 5.69 Å². The SMILES string of the molecule is CCC(=O)Nc1ccc(N2C(=S)N[C@H](c3ccccn3)[C@@H]2c2cc(C)n(-c3ccc(F)cc3)c2C)cc1C. The predicted molar refractivity (Wildman–Crippen MR) is 153 cm³/mol. The van der Waals surface area contributed by atoms with Crippen molar-refractivity contribution < 1.29 is 9.18 Å². The van der Waals surface area contributed by atoms with Crippen LogP contribution in [0.3, 0.4) is 0 Å². The molecular weight excluding hydrogens is 497 g/mol. The summed E-state index contributed by atoms with van der Waals surface area (Å²) in [5.74, 6) is -0.294. The molecule has 2 aromatic carbocycles. The standard InChI is InChI=1S/C30H30FN5OS/c1-5-27(37)33-25-14-13-23(16-18(25)2)36-29(28(34-30(36)38)26-8-6-7-15-32-26)24-17-19(3)35(20(24)4)22-11-9-21(31)10-12-22/h6-17,28-29H,5H2,1-4H3,(H,33,37)(H,34,38)/t28-,29+/m1/s1. The van der Waals surface area contributed by atoms with Crippen LogP contribution in [0.4, 0.5) is 15.8 Å². The van der Waals surface area contributed by atoms with E-state index in [0.717, 1.165) is 45.3 Å². The summed E-state index contributed by atoms with van der Waals surface area (Å²) in [6.45, 7) is 7.94. The number of anilines is 2. The molecule has 1 aliphatic heterocycles. The number of pyridine rings is 1.